The Kier molecular flexibility index (Phi) is 13.0. The van der Waals surface area contributed by atoms with Gasteiger partial charge in [0.15, 0.2) is 0 Å². The number of aliphatic hydroxyl groups excluding tert-OH is 2. The number of rotatable bonds is 16. The number of hydrogen-bond donors (Lipinski definition) is 5. The molecule has 1 aromatic rings. The molecule has 2 atom stereocenters. The molecule has 200 valence electrons. The zero-order chi connectivity index (χ0) is 26.2. The van der Waals surface area contributed by atoms with E-state index in [-0.39, 0.29) is 38.1 Å². The smallest absolute Gasteiger partial charge is 0.407 e. The van der Waals surface area contributed by atoms with E-state index in [4.69, 9.17) is 4.74 Å². The first-order valence-electron chi connectivity index (χ1n) is 12.8. The minimum atomic E-state index is -0.602. The van der Waals surface area contributed by atoms with Gasteiger partial charge < -0.3 is 30.9 Å². The minimum absolute atomic E-state index is 0.00718. The van der Waals surface area contributed by atoms with Gasteiger partial charge in [-0.15, -0.1) is 6.58 Å². The summed E-state index contributed by atoms with van der Waals surface area (Å²) in [5, 5.41) is 27.9. The number of allylic oxidation sites excluding steroid dienone is 1. The van der Waals surface area contributed by atoms with Crippen molar-refractivity contribution < 1.29 is 29.3 Å². The first-order valence-corrected chi connectivity index (χ1v) is 12.8. The van der Waals surface area contributed by atoms with Crippen LogP contribution in [-0.2, 0) is 20.9 Å². The van der Waals surface area contributed by atoms with Crippen molar-refractivity contribution in [2.24, 2.45) is 5.92 Å². The number of alkyl carbamates (subject to hydrolysis) is 1. The van der Waals surface area contributed by atoms with Crippen LogP contribution in [-0.4, -0.2) is 59.5 Å². The molecular formula is C27H41N3O6. The maximum atomic E-state index is 12.8. The molecule has 9 heteroatoms. The van der Waals surface area contributed by atoms with Crippen molar-refractivity contribution in [3.63, 3.8) is 0 Å². The van der Waals surface area contributed by atoms with E-state index in [0.717, 1.165) is 31.2 Å². The first-order chi connectivity index (χ1) is 17.4. The van der Waals surface area contributed by atoms with Crippen molar-refractivity contribution in [2.75, 3.05) is 19.8 Å². The Morgan fingerprint density at radius 1 is 1.11 bits per heavy atom. The molecule has 3 amide bonds. The van der Waals surface area contributed by atoms with Gasteiger partial charge in [-0.1, -0.05) is 49.2 Å². The Morgan fingerprint density at radius 2 is 1.83 bits per heavy atom. The number of carbonyl (C=O) groups excluding carboxylic acids is 3. The standard InChI is InChI=1S/C27H41N3O6/c1-2-10-22(17-24(33)30-27(20-32)14-7-8-15-27)25(34)29-23(18-31)13-6-9-16-28-26(35)36-19-21-11-4-3-5-12-21/h2-5,11-12,22-23,31-32H,1,6-10,13-20H2,(H,28,35)(H,29,34)(H,30,33). The summed E-state index contributed by atoms with van der Waals surface area (Å²) < 4.78 is 5.16. The third-order valence-electron chi connectivity index (χ3n) is 6.55. The molecular weight excluding hydrogens is 462 g/mol. The predicted octanol–water partition coefficient (Wildman–Crippen LogP) is 2.56. The summed E-state index contributed by atoms with van der Waals surface area (Å²) in [4.78, 5) is 37.2. The van der Waals surface area contributed by atoms with E-state index in [9.17, 15) is 24.6 Å². The second-order valence-corrected chi connectivity index (χ2v) is 9.49. The van der Waals surface area contributed by atoms with Crippen molar-refractivity contribution in [1.29, 1.82) is 0 Å². The molecule has 0 spiro atoms. The molecule has 0 heterocycles. The van der Waals surface area contributed by atoms with Gasteiger partial charge in [0.2, 0.25) is 11.8 Å². The van der Waals surface area contributed by atoms with Gasteiger partial charge in [-0.25, -0.2) is 4.79 Å². The number of nitrogens with one attached hydrogen (secondary N) is 3. The Morgan fingerprint density at radius 3 is 2.47 bits per heavy atom. The fourth-order valence-corrected chi connectivity index (χ4v) is 4.44. The van der Waals surface area contributed by atoms with Crippen LogP contribution in [0, 0.1) is 5.92 Å². The van der Waals surface area contributed by atoms with Crippen LogP contribution in [0.1, 0.15) is 63.4 Å². The molecule has 0 aromatic heterocycles. The van der Waals surface area contributed by atoms with Crippen molar-refractivity contribution in [1.82, 2.24) is 16.0 Å². The maximum Gasteiger partial charge on any atom is 0.407 e. The highest BCUT2D eigenvalue weighted by Crippen LogP contribution is 2.29. The van der Waals surface area contributed by atoms with Crippen LogP contribution >= 0.6 is 0 Å². The van der Waals surface area contributed by atoms with E-state index in [0.29, 0.717) is 32.2 Å². The van der Waals surface area contributed by atoms with Crippen molar-refractivity contribution in [3.8, 4) is 0 Å². The fraction of sp³-hybridized carbons (Fsp3) is 0.593. The molecule has 1 fully saturated rings. The van der Waals surface area contributed by atoms with Crippen LogP contribution < -0.4 is 16.0 Å². The number of benzene rings is 1. The van der Waals surface area contributed by atoms with Crippen LogP contribution in [0.4, 0.5) is 4.79 Å². The third kappa shape index (κ3) is 10.4. The van der Waals surface area contributed by atoms with Gasteiger partial charge in [0.25, 0.3) is 0 Å². The summed E-state index contributed by atoms with van der Waals surface area (Å²) in [5.74, 6) is -1.18. The second kappa shape index (κ2) is 16.0. The summed E-state index contributed by atoms with van der Waals surface area (Å²) in [6.07, 6.45) is 6.70. The van der Waals surface area contributed by atoms with Crippen molar-refractivity contribution in [3.05, 3.63) is 48.6 Å². The Labute approximate surface area is 213 Å². The number of unbranched alkanes of at least 4 members (excludes halogenated alkanes) is 1. The molecule has 0 radical (unpaired) electrons. The Bertz CT molecular complexity index is 826. The highest BCUT2D eigenvalue weighted by atomic mass is 16.5. The molecule has 1 saturated carbocycles. The summed E-state index contributed by atoms with van der Waals surface area (Å²) in [7, 11) is 0. The second-order valence-electron chi connectivity index (χ2n) is 9.49. The van der Waals surface area contributed by atoms with E-state index in [1.54, 1.807) is 6.08 Å². The van der Waals surface area contributed by atoms with Gasteiger partial charge in [-0.05, 0) is 44.1 Å². The molecule has 1 aliphatic rings. The zero-order valence-corrected chi connectivity index (χ0v) is 21.0. The topological polar surface area (TPSA) is 137 Å². The average Bonchev–Trinajstić information content (AvgIpc) is 3.35. The number of aliphatic hydroxyl groups is 2. The van der Waals surface area contributed by atoms with Gasteiger partial charge >= 0.3 is 6.09 Å². The molecule has 2 rings (SSSR count). The molecule has 1 aromatic carbocycles. The van der Waals surface area contributed by atoms with E-state index in [1.807, 2.05) is 30.3 Å². The first kappa shape index (κ1) is 29.3. The van der Waals surface area contributed by atoms with Gasteiger partial charge in [0, 0.05) is 13.0 Å². The zero-order valence-electron chi connectivity index (χ0n) is 21.0. The fourth-order valence-electron chi connectivity index (χ4n) is 4.44. The van der Waals surface area contributed by atoms with E-state index < -0.39 is 23.6 Å². The van der Waals surface area contributed by atoms with Crippen LogP contribution in [0.3, 0.4) is 0 Å². The number of carbonyl (C=O) groups is 3. The molecule has 5 N–H and O–H groups in total. The average molecular weight is 504 g/mol. The molecule has 2 unspecified atom stereocenters. The number of hydrogen-bond acceptors (Lipinski definition) is 6. The SMILES string of the molecule is C=CCC(CC(=O)NC1(CO)CCCC1)C(=O)NC(CO)CCCCNC(=O)OCc1ccccc1. The van der Waals surface area contributed by atoms with Gasteiger partial charge in [0.05, 0.1) is 30.7 Å². The largest absolute Gasteiger partial charge is 0.445 e. The highest BCUT2D eigenvalue weighted by molar-refractivity contribution is 5.86. The number of amides is 3. The Hall–Kier alpha value is -2.91. The lowest BCUT2D eigenvalue weighted by atomic mass is 9.95. The predicted molar refractivity (Wildman–Crippen MR) is 137 cm³/mol. The van der Waals surface area contributed by atoms with Crippen LogP contribution in [0.5, 0.6) is 0 Å². The van der Waals surface area contributed by atoms with E-state index in [1.165, 1.54) is 0 Å². The van der Waals surface area contributed by atoms with Gasteiger partial charge in [-0.3, -0.25) is 9.59 Å². The highest BCUT2D eigenvalue weighted by Gasteiger charge is 2.35. The molecule has 0 bridgehead atoms. The summed E-state index contributed by atoms with van der Waals surface area (Å²) >= 11 is 0. The van der Waals surface area contributed by atoms with Gasteiger partial charge in [-0.2, -0.15) is 0 Å². The summed E-state index contributed by atoms with van der Waals surface area (Å²) in [5.41, 5.74) is 0.329. The van der Waals surface area contributed by atoms with Crippen LogP contribution in [0.25, 0.3) is 0 Å². The van der Waals surface area contributed by atoms with E-state index in [2.05, 4.69) is 22.5 Å². The minimum Gasteiger partial charge on any atom is -0.445 e. The quantitative estimate of drug-likeness (QED) is 0.174. The third-order valence-corrected chi connectivity index (χ3v) is 6.55. The van der Waals surface area contributed by atoms with Crippen molar-refractivity contribution in [2.45, 2.75) is 76.0 Å². The maximum absolute atomic E-state index is 12.8. The molecule has 36 heavy (non-hydrogen) atoms. The lowest BCUT2D eigenvalue weighted by Crippen LogP contribution is -2.50. The van der Waals surface area contributed by atoms with Crippen molar-refractivity contribution >= 4 is 17.9 Å². The van der Waals surface area contributed by atoms with E-state index >= 15 is 0 Å². The Balaban J connectivity index is 1.68. The van der Waals surface area contributed by atoms with Crippen LogP contribution in [0.2, 0.25) is 0 Å². The normalized spacial score (nSPS) is 15.9. The monoisotopic (exact) mass is 503 g/mol. The molecule has 0 aliphatic heterocycles. The van der Waals surface area contributed by atoms with Crippen LogP contribution in [0.15, 0.2) is 43.0 Å². The molecule has 1 aliphatic carbocycles. The summed E-state index contributed by atoms with van der Waals surface area (Å²) in [6.45, 7) is 3.99. The molecule has 9 nitrogen and oxygen atoms in total. The lowest BCUT2D eigenvalue weighted by molar-refractivity contribution is -0.132. The number of ether oxygens (including phenoxy) is 1. The lowest BCUT2D eigenvalue weighted by Gasteiger charge is -2.29. The summed E-state index contributed by atoms with van der Waals surface area (Å²) in [6, 6.07) is 8.96. The molecule has 0 saturated heterocycles. The van der Waals surface area contributed by atoms with Gasteiger partial charge in [0.1, 0.15) is 6.61 Å².